The number of alkyl halides is 5. The van der Waals surface area contributed by atoms with Crippen LogP contribution in [-0.4, -0.2) is 29.3 Å². The van der Waals surface area contributed by atoms with Crippen molar-refractivity contribution in [1.82, 2.24) is 4.98 Å². The highest BCUT2D eigenvalue weighted by Gasteiger charge is 2.39. The Bertz CT molecular complexity index is 590. The summed E-state index contributed by atoms with van der Waals surface area (Å²) in [6, 6.07) is 0. The fraction of sp³-hybridized carbons (Fsp3) is 0.400. The highest BCUT2D eigenvalue weighted by atomic mass is 19.4. The number of nitrogens with zero attached hydrogens (tertiary/aromatic N) is 2. The molecular formula is C10H7F5N2O5. The molecule has 0 unspecified atom stereocenters. The number of aromatic nitrogens is 1. The van der Waals surface area contributed by atoms with Gasteiger partial charge in [-0.3, -0.25) is 14.9 Å². The molecule has 0 fully saturated rings. The number of carbonyl (C=O) groups is 1. The van der Waals surface area contributed by atoms with Crippen LogP contribution in [0.2, 0.25) is 0 Å². The molecular weight excluding hydrogens is 323 g/mol. The lowest BCUT2D eigenvalue weighted by Crippen LogP contribution is -2.21. The molecule has 1 heterocycles. The highest BCUT2D eigenvalue weighted by molar-refractivity contribution is 5.74. The normalized spacial score (nSPS) is 11.4. The topological polar surface area (TPSA) is 91.6 Å². The number of nitro groups is 1. The Morgan fingerprint density at radius 1 is 1.45 bits per heavy atom. The van der Waals surface area contributed by atoms with E-state index in [0.29, 0.717) is 6.20 Å². The maximum absolute atomic E-state index is 12.7. The maximum atomic E-state index is 12.7. The van der Waals surface area contributed by atoms with Gasteiger partial charge in [0.05, 0.1) is 18.5 Å². The van der Waals surface area contributed by atoms with E-state index in [4.69, 9.17) is 0 Å². The molecule has 0 radical (unpaired) electrons. The van der Waals surface area contributed by atoms with Crippen LogP contribution in [-0.2, 0) is 16.0 Å². The second-order valence-corrected chi connectivity index (χ2v) is 3.70. The number of halogens is 5. The third kappa shape index (κ3) is 4.23. The predicted octanol–water partition coefficient (Wildman–Crippen LogP) is 2.54. The Hall–Kier alpha value is -2.53. The number of esters is 1. The molecule has 0 aliphatic heterocycles. The maximum Gasteiger partial charge on any atom is 0.573 e. The van der Waals surface area contributed by atoms with Crippen molar-refractivity contribution in [3.8, 4) is 5.75 Å². The third-order valence-electron chi connectivity index (χ3n) is 2.28. The first-order valence-electron chi connectivity index (χ1n) is 5.33. The van der Waals surface area contributed by atoms with Crippen LogP contribution in [0.25, 0.3) is 0 Å². The van der Waals surface area contributed by atoms with Crippen LogP contribution in [0.4, 0.5) is 27.6 Å². The van der Waals surface area contributed by atoms with Crippen molar-refractivity contribution < 1.29 is 41.1 Å². The van der Waals surface area contributed by atoms with E-state index in [9.17, 15) is 36.9 Å². The van der Waals surface area contributed by atoms with Gasteiger partial charge in [0.15, 0.2) is 5.69 Å². The summed E-state index contributed by atoms with van der Waals surface area (Å²) in [5, 5.41) is 10.8. The van der Waals surface area contributed by atoms with Gasteiger partial charge >= 0.3 is 18.0 Å². The molecule has 0 N–H and O–H groups in total. The average molecular weight is 330 g/mol. The zero-order chi connectivity index (χ0) is 17.1. The molecule has 12 heteroatoms. The van der Waals surface area contributed by atoms with Gasteiger partial charge in [0.2, 0.25) is 5.75 Å². The van der Waals surface area contributed by atoms with E-state index in [1.165, 1.54) is 0 Å². The van der Waals surface area contributed by atoms with Gasteiger partial charge in [-0.1, -0.05) is 0 Å². The fourth-order valence-corrected chi connectivity index (χ4v) is 1.45. The Morgan fingerprint density at radius 2 is 2.05 bits per heavy atom. The van der Waals surface area contributed by atoms with E-state index in [2.05, 4.69) is 14.5 Å². The van der Waals surface area contributed by atoms with Gasteiger partial charge < -0.3 is 9.47 Å². The number of pyridine rings is 1. The van der Waals surface area contributed by atoms with Gasteiger partial charge in [0, 0.05) is 11.8 Å². The zero-order valence-corrected chi connectivity index (χ0v) is 10.7. The minimum atomic E-state index is -5.39. The summed E-state index contributed by atoms with van der Waals surface area (Å²) < 4.78 is 70.0. The second kappa shape index (κ2) is 6.49. The summed E-state index contributed by atoms with van der Waals surface area (Å²) in [7, 11) is 0.919. The van der Waals surface area contributed by atoms with E-state index in [0.717, 1.165) is 7.11 Å². The summed E-state index contributed by atoms with van der Waals surface area (Å²) in [6.07, 6.45) is -9.31. The number of carbonyl (C=O) groups excluding carboxylic acids is 1. The minimum absolute atomic E-state index is 0.465. The van der Waals surface area contributed by atoms with Crippen LogP contribution in [0, 0.1) is 10.1 Å². The van der Waals surface area contributed by atoms with E-state index in [-0.39, 0.29) is 0 Å². The van der Waals surface area contributed by atoms with Crippen molar-refractivity contribution in [2.45, 2.75) is 19.2 Å². The van der Waals surface area contributed by atoms with Crippen molar-refractivity contribution in [3.05, 3.63) is 27.6 Å². The molecule has 0 saturated heterocycles. The first-order chi connectivity index (χ1) is 10.1. The van der Waals surface area contributed by atoms with Crippen LogP contribution in [0.3, 0.4) is 0 Å². The van der Waals surface area contributed by atoms with E-state index >= 15 is 0 Å². The molecule has 0 spiro atoms. The van der Waals surface area contributed by atoms with Crippen molar-refractivity contribution in [3.63, 3.8) is 0 Å². The Balaban J connectivity index is 3.54. The summed E-state index contributed by atoms with van der Waals surface area (Å²) >= 11 is 0. The van der Waals surface area contributed by atoms with Gasteiger partial charge in [0.1, 0.15) is 0 Å². The van der Waals surface area contributed by atoms with Gasteiger partial charge in [-0.05, 0) is 0 Å². The minimum Gasteiger partial charge on any atom is -0.469 e. The molecule has 0 atom stereocenters. The lowest BCUT2D eigenvalue weighted by atomic mass is 10.1. The van der Waals surface area contributed by atoms with Crippen LogP contribution < -0.4 is 4.74 Å². The molecule has 7 nitrogen and oxygen atoms in total. The van der Waals surface area contributed by atoms with Crippen molar-refractivity contribution in [2.24, 2.45) is 0 Å². The standard InChI is InChI=1S/C10H7F5N2O5/c1-21-5(18)2-4-3-16-6(9(11)12)7(17(19)20)8(4)22-10(13,14)15/h3,9H,2H2,1H3. The van der Waals surface area contributed by atoms with Crippen LogP contribution in [0.15, 0.2) is 6.20 Å². The highest BCUT2D eigenvalue weighted by Crippen LogP contribution is 2.40. The molecule has 0 amide bonds. The van der Waals surface area contributed by atoms with Crippen LogP contribution in [0.1, 0.15) is 17.7 Å². The average Bonchev–Trinajstić information content (AvgIpc) is 2.37. The summed E-state index contributed by atoms with van der Waals surface area (Å²) in [6.45, 7) is 0. The van der Waals surface area contributed by atoms with Gasteiger partial charge in [0.25, 0.3) is 6.43 Å². The smallest absolute Gasteiger partial charge is 0.469 e. The molecule has 0 bridgehead atoms. The van der Waals surface area contributed by atoms with Crippen molar-refractivity contribution >= 4 is 11.7 Å². The first kappa shape index (κ1) is 17.5. The predicted molar refractivity (Wildman–Crippen MR) is 58.3 cm³/mol. The number of ether oxygens (including phenoxy) is 2. The summed E-state index contributed by atoms with van der Waals surface area (Å²) in [4.78, 5) is 23.4. The Kier molecular flexibility index (Phi) is 5.17. The number of rotatable bonds is 5. The summed E-state index contributed by atoms with van der Waals surface area (Å²) in [5.74, 6) is -2.58. The monoisotopic (exact) mass is 330 g/mol. The van der Waals surface area contributed by atoms with E-state index < -0.39 is 52.8 Å². The Morgan fingerprint density at radius 3 is 2.45 bits per heavy atom. The van der Waals surface area contributed by atoms with E-state index in [1.54, 1.807) is 0 Å². The van der Waals surface area contributed by atoms with Crippen LogP contribution >= 0.6 is 0 Å². The van der Waals surface area contributed by atoms with Gasteiger partial charge in [-0.2, -0.15) is 0 Å². The summed E-state index contributed by atoms with van der Waals surface area (Å²) in [5.41, 5.74) is -3.87. The van der Waals surface area contributed by atoms with Gasteiger partial charge in [-0.25, -0.2) is 13.8 Å². The molecule has 0 saturated carbocycles. The van der Waals surface area contributed by atoms with Gasteiger partial charge in [-0.15, -0.1) is 13.2 Å². The molecule has 0 aliphatic carbocycles. The lowest BCUT2D eigenvalue weighted by Gasteiger charge is -2.14. The van der Waals surface area contributed by atoms with Crippen molar-refractivity contribution in [1.29, 1.82) is 0 Å². The SMILES string of the molecule is COC(=O)Cc1cnc(C(F)F)c([N+](=O)[O-])c1OC(F)(F)F. The molecule has 22 heavy (non-hydrogen) atoms. The van der Waals surface area contributed by atoms with Crippen LogP contribution in [0.5, 0.6) is 5.75 Å². The molecule has 0 aliphatic rings. The first-order valence-corrected chi connectivity index (χ1v) is 5.33. The third-order valence-corrected chi connectivity index (χ3v) is 2.28. The second-order valence-electron chi connectivity index (χ2n) is 3.70. The number of methoxy groups -OCH3 is 1. The quantitative estimate of drug-likeness (QED) is 0.357. The molecule has 1 rings (SSSR count). The zero-order valence-electron chi connectivity index (χ0n) is 10.7. The Labute approximate surface area is 118 Å². The van der Waals surface area contributed by atoms with E-state index in [1.807, 2.05) is 0 Å². The fourth-order valence-electron chi connectivity index (χ4n) is 1.45. The molecule has 0 aromatic carbocycles. The van der Waals surface area contributed by atoms with Crippen molar-refractivity contribution in [2.75, 3.05) is 7.11 Å². The molecule has 1 aromatic heterocycles. The number of hydrogen-bond acceptors (Lipinski definition) is 6. The lowest BCUT2D eigenvalue weighted by molar-refractivity contribution is -0.390. The molecule has 1 aromatic rings. The number of hydrogen-bond donors (Lipinski definition) is 0. The largest absolute Gasteiger partial charge is 0.573 e. The molecule has 122 valence electrons.